The van der Waals surface area contributed by atoms with Crippen molar-refractivity contribution < 1.29 is 22.8 Å². The summed E-state index contributed by atoms with van der Waals surface area (Å²) in [5, 5.41) is 2.58. The zero-order chi connectivity index (χ0) is 19.4. The summed E-state index contributed by atoms with van der Waals surface area (Å²) >= 11 is 0. The lowest BCUT2D eigenvalue weighted by Gasteiger charge is -2.40. The number of carbonyl (C=O) groups is 2. The van der Waals surface area contributed by atoms with Gasteiger partial charge in [-0.05, 0) is 30.5 Å². The normalized spacial score (nSPS) is 20.4. The SMILES string of the molecule is O=C(N[C@@H]1CC[C@H](C(F)(F)F)N(Cc2ccccc2)C1=O)c1ccccc1. The van der Waals surface area contributed by atoms with E-state index in [9.17, 15) is 22.8 Å². The van der Waals surface area contributed by atoms with E-state index in [-0.39, 0.29) is 19.4 Å². The van der Waals surface area contributed by atoms with Crippen LogP contribution in [0.15, 0.2) is 60.7 Å². The monoisotopic (exact) mass is 376 g/mol. The third-order valence-electron chi connectivity index (χ3n) is 4.60. The van der Waals surface area contributed by atoms with E-state index >= 15 is 0 Å². The van der Waals surface area contributed by atoms with Gasteiger partial charge in [-0.2, -0.15) is 13.2 Å². The van der Waals surface area contributed by atoms with Gasteiger partial charge in [0.05, 0.1) is 0 Å². The number of piperidine rings is 1. The minimum Gasteiger partial charge on any atom is -0.340 e. The molecule has 0 radical (unpaired) electrons. The van der Waals surface area contributed by atoms with Crippen LogP contribution in [0.5, 0.6) is 0 Å². The number of benzene rings is 2. The molecule has 3 rings (SSSR count). The molecule has 1 fully saturated rings. The van der Waals surface area contributed by atoms with Gasteiger partial charge in [0.2, 0.25) is 5.91 Å². The molecule has 0 aliphatic carbocycles. The van der Waals surface area contributed by atoms with Crippen molar-refractivity contribution in [3.05, 3.63) is 71.8 Å². The van der Waals surface area contributed by atoms with Crippen LogP contribution in [-0.4, -0.2) is 35.0 Å². The van der Waals surface area contributed by atoms with Crippen LogP contribution in [0.3, 0.4) is 0 Å². The topological polar surface area (TPSA) is 49.4 Å². The summed E-state index contributed by atoms with van der Waals surface area (Å²) in [6.45, 7) is -0.151. The van der Waals surface area contributed by atoms with Crippen LogP contribution in [0.25, 0.3) is 0 Å². The highest BCUT2D eigenvalue weighted by Gasteiger charge is 2.49. The fourth-order valence-electron chi connectivity index (χ4n) is 3.23. The summed E-state index contributed by atoms with van der Waals surface area (Å²) in [7, 11) is 0. The van der Waals surface area contributed by atoms with Crippen LogP contribution in [-0.2, 0) is 11.3 Å². The van der Waals surface area contributed by atoms with Gasteiger partial charge in [-0.3, -0.25) is 9.59 Å². The van der Waals surface area contributed by atoms with Crippen LogP contribution in [0, 0.1) is 0 Å². The number of alkyl halides is 3. The highest BCUT2D eigenvalue weighted by atomic mass is 19.4. The zero-order valence-electron chi connectivity index (χ0n) is 14.4. The first-order valence-corrected chi connectivity index (χ1v) is 8.63. The molecule has 4 nitrogen and oxygen atoms in total. The fourth-order valence-corrected chi connectivity index (χ4v) is 3.23. The molecule has 2 atom stereocenters. The van der Waals surface area contributed by atoms with Crippen molar-refractivity contribution in [2.24, 2.45) is 0 Å². The van der Waals surface area contributed by atoms with Crippen LogP contribution in [0.2, 0.25) is 0 Å². The number of halogens is 3. The number of hydrogen-bond donors (Lipinski definition) is 1. The van der Waals surface area contributed by atoms with E-state index in [1.807, 2.05) is 0 Å². The Bertz CT molecular complexity index is 794. The van der Waals surface area contributed by atoms with E-state index in [0.717, 1.165) is 4.90 Å². The Morgan fingerprint density at radius 2 is 1.59 bits per heavy atom. The quantitative estimate of drug-likeness (QED) is 0.887. The lowest BCUT2D eigenvalue weighted by molar-refractivity contribution is -0.199. The number of amides is 2. The van der Waals surface area contributed by atoms with Gasteiger partial charge in [-0.25, -0.2) is 0 Å². The lowest BCUT2D eigenvalue weighted by Crippen LogP contribution is -2.59. The van der Waals surface area contributed by atoms with Crippen LogP contribution in [0.4, 0.5) is 13.2 Å². The second kappa shape index (κ2) is 7.82. The molecule has 1 aliphatic heterocycles. The van der Waals surface area contributed by atoms with E-state index in [1.165, 1.54) is 0 Å². The number of nitrogens with one attached hydrogen (secondary N) is 1. The van der Waals surface area contributed by atoms with Crippen molar-refractivity contribution in [3.8, 4) is 0 Å². The predicted octanol–water partition coefficient (Wildman–Crippen LogP) is 3.54. The van der Waals surface area contributed by atoms with Gasteiger partial charge in [0, 0.05) is 12.1 Å². The maximum atomic E-state index is 13.4. The van der Waals surface area contributed by atoms with Crippen LogP contribution in [0.1, 0.15) is 28.8 Å². The maximum absolute atomic E-state index is 13.4. The molecule has 7 heteroatoms. The molecule has 27 heavy (non-hydrogen) atoms. The number of carbonyl (C=O) groups excluding carboxylic acids is 2. The molecule has 0 saturated carbocycles. The van der Waals surface area contributed by atoms with E-state index in [0.29, 0.717) is 11.1 Å². The van der Waals surface area contributed by atoms with Crippen molar-refractivity contribution in [3.63, 3.8) is 0 Å². The Kier molecular flexibility index (Phi) is 5.48. The lowest BCUT2D eigenvalue weighted by atomic mass is 9.95. The molecular formula is C20H19F3N2O2. The maximum Gasteiger partial charge on any atom is 0.408 e. The van der Waals surface area contributed by atoms with Crippen molar-refractivity contribution in [2.45, 2.75) is 37.6 Å². The molecule has 0 aromatic heterocycles. The predicted molar refractivity (Wildman–Crippen MR) is 93.8 cm³/mol. The average molecular weight is 376 g/mol. The van der Waals surface area contributed by atoms with Crippen molar-refractivity contribution in [1.82, 2.24) is 10.2 Å². The van der Waals surface area contributed by atoms with Gasteiger partial charge >= 0.3 is 6.18 Å². The summed E-state index contributed by atoms with van der Waals surface area (Å²) in [5.74, 6) is -1.18. The number of hydrogen-bond acceptors (Lipinski definition) is 2. The Hall–Kier alpha value is -2.83. The molecule has 2 aromatic carbocycles. The summed E-state index contributed by atoms with van der Waals surface area (Å²) < 4.78 is 40.3. The standard InChI is InChI=1S/C20H19F3N2O2/c21-20(22,23)17-12-11-16(24-18(26)15-9-5-2-6-10-15)19(27)25(17)13-14-7-3-1-4-8-14/h1-10,16-17H,11-13H2,(H,24,26)/t16-,17-/m1/s1. The largest absolute Gasteiger partial charge is 0.408 e. The minimum atomic E-state index is -4.52. The third kappa shape index (κ3) is 4.48. The molecule has 1 heterocycles. The molecule has 1 saturated heterocycles. The van der Waals surface area contributed by atoms with Crippen molar-refractivity contribution in [1.29, 1.82) is 0 Å². The molecule has 0 spiro atoms. The molecular weight excluding hydrogens is 357 g/mol. The Morgan fingerprint density at radius 3 is 2.19 bits per heavy atom. The molecule has 142 valence electrons. The number of rotatable bonds is 4. The van der Waals surface area contributed by atoms with E-state index in [4.69, 9.17) is 0 Å². The smallest absolute Gasteiger partial charge is 0.340 e. The molecule has 1 aliphatic rings. The molecule has 2 aromatic rings. The summed E-state index contributed by atoms with van der Waals surface area (Å²) in [6, 6.07) is 14.0. The number of nitrogens with zero attached hydrogens (tertiary/aromatic N) is 1. The summed E-state index contributed by atoms with van der Waals surface area (Å²) in [6.07, 6.45) is -4.81. The van der Waals surface area contributed by atoms with Crippen LogP contribution >= 0.6 is 0 Å². The second-order valence-electron chi connectivity index (χ2n) is 6.48. The van der Waals surface area contributed by atoms with Gasteiger partial charge in [0.15, 0.2) is 0 Å². The van der Waals surface area contributed by atoms with Crippen molar-refractivity contribution >= 4 is 11.8 Å². The second-order valence-corrected chi connectivity index (χ2v) is 6.48. The molecule has 2 amide bonds. The number of likely N-dealkylation sites (tertiary alicyclic amines) is 1. The highest BCUT2D eigenvalue weighted by molar-refractivity contribution is 5.97. The third-order valence-corrected chi connectivity index (χ3v) is 4.60. The Labute approximate surface area is 155 Å². The minimum absolute atomic E-state index is 0.0487. The van der Waals surface area contributed by atoms with E-state index in [2.05, 4.69) is 5.32 Å². The molecule has 1 N–H and O–H groups in total. The Morgan fingerprint density at radius 1 is 1.00 bits per heavy atom. The van der Waals surface area contributed by atoms with Gasteiger partial charge in [0.1, 0.15) is 12.1 Å². The van der Waals surface area contributed by atoms with Gasteiger partial charge in [-0.15, -0.1) is 0 Å². The fraction of sp³-hybridized carbons (Fsp3) is 0.300. The van der Waals surface area contributed by atoms with Gasteiger partial charge in [0.25, 0.3) is 5.91 Å². The Balaban J connectivity index is 1.79. The first-order valence-electron chi connectivity index (χ1n) is 8.63. The zero-order valence-corrected chi connectivity index (χ0v) is 14.4. The first kappa shape index (κ1) is 18.9. The average Bonchev–Trinajstić information content (AvgIpc) is 2.65. The van der Waals surface area contributed by atoms with Gasteiger partial charge < -0.3 is 10.2 Å². The first-order chi connectivity index (χ1) is 12.9. The van der Waals surface area contributed by atoms with E-state index in [1.54, 1.807) is 60.7 Å². The summed E-state index contributed by atoms with van der Waals surface area (Å²) in [5.41, 5.74) is 0.966. The van der Waals surface area contributed by atoms with Crippen LogP contribution < -0.4 is 5.32 Å². The van der Waals surface area contributed by atoms with E-state index < -0.39 is 30.1 Å². The highest BCUT2D eigenvalue weighted by Crippen LogP contribution is 2.33. The summed E-state index contributed by atoms with van der Waals surface area (Å²) in [4.78, 5) is 25.9. The van der Waals surface area contributed by atoms with Gasteiger partial charge in [-0.1, -0.05) is 48.5 Å². The molecule has 0 unspecified atom stereocenters. The van der Waals surface area contributed by atoms with Crippen molar-refractivity contribution in [2.75, 3.05) is 0 Å². The molecule has 0 bridgehead atoms.